The molecule has 8 heteroatoms. The van der Waals surface area contributed by atoms with E-state index < -0.39 is 9.84 Å². The van der Waals surface area contributed by atoms with Crippen LogP contribution in [0.25, 0.3) is 0 Å². The van der Waals surface area contributed by atoms with Gasteiger partial charge in [0.2, 0.25) is 20.9 Å². The Balaban J connectivity index is 1.92. The van der Waals surface area contributed by atoms with Crippen molar-refractivity contribution < 1.29 is 17.6 Å². The predicted molar refractivity (Wildman–Crippen MR) is 118 cm³/mol. The second-order valence-corrected chi connectivity index (χ2v) is 10.1. The van der Waals surface area contributed by atoms with Crippen LogP contribution in [0.2, 0.25) is 0 Å². The summed E-state index contributed by atoms with van der Waals surface area (Å²) in [7, 11) is -3.66. The Bertz CT molecular complexity index is 1130. The lowest BCUT2D eigenvalue weighted by Gasteiger charge is -2.22. The number of carbonyl (C=O) groups excluding carboxylic acids is 1. The van der Waals surface area contributed by atoms with Crippen LogP contribution in [-0.4, -0.2) is 28.8 Å². The Labute approximate surface area is 183 Å². The molecule has 0 saturated carbocycles. The van der Waals surface area contributed by atoms with Crippen LogP contribution in [0.4, 0.5) is 0 Å². The predicted octanol–water partition coefficient (Wildman–Crippen LogP) is 3.96. The quantitative estimate of drug-likeness (QED) is 0.500. The molecule has 0 spiro atoms. The molecule has 0 radical (unpaired) electrons. The highest BCUT2D eigenvalue weighted by Gasteiger charge is 2.26. The zero-order valence-electron chi connectivity index (χ0n) is 18.4. The van der Waals surface area contributed by atoms with Crippen LogP contribution in [0.1, 0.15) is 43.4 Å². The molecule has 0 bridgehead atoms. The molecule has 3 rings (SSSR count). The van der Waals surface area contributed by atoms with Crippen molar-refractivity contribution in [3.8, 4) is 0 Å². The van der Waals surface area contributed by atoms with E-state index in [4.69, 9.17) is 4.42 Å². The van der Waals surface area contributed by atoms with Gasteiger partial charge in [-0.2, -0.15) is 0 Å². The van der Waals surface area contributed by atoms with Gasteiger partial charge in [-0.05, 0) is 30.5 Å². The number of hydrogen-bond acceptors (Lipinski definition) is 5. The standard InChI is InChI=1S/C23H29N3O4S/c1-17(2)13-26-21(14-25(19(4)27)15-22-9-6-10-30-22)12-24-23(26)31(28,29)16-20-8-5-7-18(3)11-20/h5-12,17H,13-16H2,1-4H3. The van der Waals surface area contributed by atoms with Crippen molar-refractivity contribution in [3.05, 3.63) is 71.4 Å². The smallest absolute Gasteiger partial charge is 0.228 e. The summed E-state index contributed by atoms with van der Waals surface area (Å²) in [5, 5.41) is 0.0409. The van der Waals surface area contributed by atoms with Crippen molar-refractivity contribution >= 4 is 15.7 Å². The van der Waals surface area contributed by atoms with E-state index in [1.807, 2.05) is 45.0 Å². The molecule has 2 heterocycles. The third-order valence-electron chi connectivity index (χ3n) is 4.89. The molecule has 0 aliphatic heterocycles. The molecule has 166 valence electrons. The van der Waals surface area contributed by atoms with Gasteiger partial charge in [-0.15, -0.1) is 0 Å². The molecule has 1 amide bonds. The van der Waals surface area contributed by atoms with Gasteiger partial charge in [0.1, 0.15) is 5.76 Å². The highest BCUT2D eigenvalue weighted by atomic mass is 32.2. The normalized spacial score (nSPS) is 11.8. The van der Waals surface area contributed by atoms with Crippen molar-refractivity contribution in [1.82, 2.24) is 14.5 Å². The summed E-state index contributed by atoms with van der Waals surface area (Å²) in [4.78, 5) is 18.1. The molecule has 0 fully saturated rings. The summed E-state index contributed by atoms with van der Waals surface area (Å²) in [5.41, 5.74) is 2.41. The summed E-state index contributed by atoms with van der Waals surface area (Å²) in [6.45, 7) is 8.50. The van der Waals surface area contributed by atoms with Crippen molar-refractivity contribution in [2.45, 2.75) is 58.2 Å². The average Bonchev–Trinajstić information content (AvgIpc) is 3.31. The second-order valence-electron chi connectivity index (χ2n) is 8.24. The molecule has 7 nitrogen and oxygen atoms in total. The van der Waals surface area contributed by atoms with Crippen LogP contribution in [0.15, 0.2) is 58.4 Å². The zero-order valence-corrected chi connectivity index (χ0v) is 19.2. The summed E-state index contributed by atoms with van der Waals surface area (Å²) in [6, 6.07) is 11.0. The van der Waals surface area contributed by atoms with Gasteiger partial charge in [-0.1, -0.05) is 43.7 Å². The molecule has 0 aliphatic rings. The van der Waals surface area contributed by atoms with Gasteiger partial charge < -0.3 is 13.9 Å². The van der Waals surface area contributed by atoms with Crippen LogP contribution >= 0.6 is 0 Å². The van der Waals surface area contributed by atoms with E-state index in [-0.39, 0.29) is 29.3 Å². The topological polar surface area (TPSA) is 85.4 Å². The molecule has 2 aromatic heterocycles. The zero-order chi connectivity index (χ0) is 22.6. The van der Waals surface area contributed by atoms with E-state index in [9.17, 15) is 13.2 Å². The number of carbonyl (C=O) groups is 1. The van der Waals surface area contributed by atoms with E-state index >= 15 is 0 Å². The lowest BCUT2D eigenvalue weighted by molar-refractivity contribution is -0.130. The molecule has 0 N–H and O–H groups in total. The number of furan rings is 1. The second kappa shape index (κ2) is 9.51. The Kier molecular flexibility index (Phi) is 7.00. The SMILES string of the molecule is CC(=O)N(Cc1ccco1)Cc1cnc(S(=O)(=O)Cc2cccc(C)c2)n1CC(C)C. The maximum atomic E-state index is 13.2. The van der Waals surface area contributed by atoms with Crippen LogP contribution in [0.5, 0.6) is 0 Å². The minimum atomic E-state index is -3.66. The first kappa shape index (κ1) is 22.8. The van der Waals surface area contributed by atoms with Crippen molar-refractivity contribution in [2.75, 3.05) is 0 Å². The van der Waals surface area contributed by atoms with E-state index in [0.29, 0.717) is 24.5 Å². The monoisotopic (exact) mass is 443 g/mol. The van der Waals surface area contributed by atoms with Gasteiger partial charge in [0.15, 0.2) is 0 Å². The maximum Gasteiger partial charge on any atom is 0.228 e. The van der Waals surface area contributed by atoms with Crippen LogP contribution < -0.4 is 0 Å². The number of sulfone groups is 1. The summed E-state index contributed by atoms with van der Waals surface area (Å²) in [6.07, 6.45) is 3.12. The first-order valence-corrected chi connectivity index (χ1v) is 11.9. The molecular formula is C23H29N3O4S. The fraction of sp³-hybridized carbons (Fsp3) is 0.391. The highest BCUT2D eigenvalue weighted by molar-refractivity contribution is 7.90. The third kappa shape index (κ3) is 5.85. The molecule has 0 unspecified atom stereocenters. The number of aryl methyl sites for hydroxylation is 1. The third-order valence-corrected chi connectivity index (χ3v) is 6.49. The number of imidazole rings is 1. The van der Waals surface area contributed by atoms with Crippen molar-refractivity contribution in [2.24, 2.45) is 5.92 Å². The molecule has 31 heavy (non-hydrogen) atoms. The van der Waals surface area contributed by atoms with Crippen LogP contribution in [-0.2, 0) is 40.0 Å². The summed E-state index contributed by atoms with van der Waals surface area (Å²) < 4.78 is 33.6. The van der Waals surface area contributed by atoms with Crippen molar-refractivity contribution in [1.29, 1.82) is 0 Å². The minimum Gasteiger partial charge on any atom is -0.467 e. The lowest BCUT2D eigenvalue weighted by atomic mass is 10.2. The van der Waals surface area contributed by atoms with E-state index in [2.05, 4.69) is 4.98 Å². The highest BCUT2D eigenvalue weighted by Crippen LogP contribution is 2.21. The molecule has 0 aliphatic carbocycles. The molecule has 0 saturated heterocycles. The number of nitrogens with zero attached hydrogens (tertiary/aromatic N) is 3. The van der Waals surface area contributed by atoms with Gasteiger partial charge >= 0.3 is 0 Å². The van der Waals surface area contributed by atoms with Gasteiger partial charge in [0.25, 0.3) is 0 Å². The van der Waals surface area contributed by atoms with Gasteiger partial charge in [-0.25, -0.2) is 13.4 Å². The Morgan fingerprint density at radius 1 is 1.19 bits per heavy atom. The first-order valence-electron chi connectivity index (χ1n) is 10.3. The maximum absolute atomic E-state index is 13.2. The number of hydrogen-bond donors (Lipinski definition) is 0. The molecule has 1 aromatic carbocycles. The minimum absolute atomic E-state index is 0.0409. The van der Waals surface area contributed by atoms with Crippen molar-refractivity contribution in [3.63, 3.8) is 0 Å². The number of benzene rings is 1. The molecular weight excluding hydrogens is 414 g/mol. The van der Waals surface area contributed by atoms with E-state index in [1.165, 1.54) is 6.92 Å². The van der Waals surface area contributed by atoms with Gasteiger partial charge in [0, 0.05) is 13.5 Å². The summed E-state index contributed by atoms with van der Waals surface area (Å²) >= 11 is 0. The Morgan fingerprint density at radius 3 is 2.58 bits per heavy atom. The van der Waals surface area contributed by atoms with Crippen LogP contribution in [0.3, 0.4) is 0 Å². The number of amides is 1. The van der Waals surface area contributed by atoms with E-state index in [0.717, 1.165) is 11.1 Å². The Hall–Kier alpha value is -2.87. The fourth-order valence-corrected chi connectivity index (χ4v) is 4.97. The molecule has 3 aromatic rings. The van der Waals surface area contributed by atoms with Crippen LogP contribution in [0, 0.1) is 12.8 Å². The first-order chi connectivity index (χ1) is 14.7. The Morgan fingerprint density at radius 2 is 1.97 bits per heavy atom. The lowest BCUT2D eigenvalue weighted by Crippen LogP contribution is -2.29. The fourth-order valence-electron chi connectivity index (χ4n) is 3.48. The number of aromatic nitrogens is 2. The average molecular weight is 444 g/mol. The van der Waals surface area contributed by atoms with Gasteiger partial charge in [0.05, 0.1) is 37.0 Å². The largest absolute Gasteiger partial charge is 0.467 e. The van der Waals surface area contributed by atoms with E-state index in [1.54, 1.807) is 34.1 Å². The molecule has 0 atom stereocenters. The van der Waals surface area contributed by atoms with Gasteiger partial charge in [-0.3, -0.25) is 4.79 Å². The number of rotatable bonds is 9. The summed E-state index contributed by atoms with van der Waals surface area (Å²) in [5.74, 6) is 0.624.